The van der Waals surface area contributed by atoms with Gasteiger partial charge in [-0.3, -0.25) is 4.79 Å². The van der Waals surface area contributed by atoms with E-state index in [9.17, 15) is 9.59 Å². The van der Waals surface area contributed by atoms with Crippen LogP contribution >= 0.6 is 0 Å². The summed E-state index contributed by atoms with van der Waals surface area (Å²) in [5.41, 5.74) is 1.81. The number of hydrogen-bond donors (Lipinski definition) is 0. The van der Waals surface area contributed by atoms with Gasteiger partial charge in [0.05, 0.1) is 0 Å². The van der Waals surface area contributed by atoms with Crippen molar-refractivity contribution in [2.75, 3.05) is 0 Å². The maximum Gasteiger partial charge on any atom is 0.339 e. The summed E-state index contributed by atoms with van der Waals surface area (Å²) in [5.74, 6) is 0.469. The Labute approximate surface area is 117 Å². The normalized spacial score (nSPS) is 12.4. The summed E-state index contributed by atoms with van der Waals surface area (Å²) < 4.78 is 10.8. The summed E-state index contributed by atoms with van der Waals surface area (Å²) in [4.78, 5) is 23.1. The SMILES string of the molecule is CCc1c(C)c2ccc(O[C@H](C)C(C)=O)cc2oc1=O. The number of ether oxygens (including phenoxy) is 1. The van der Waals surface area contributed by atoms with Gasteiger partial charge in [-0.2, -0.15) is 0 Å². The van der Waals surface area contributed by atoms with Crippen molar-refractivity contribution in [3.63, 3.8) is 0 Å². The van der Waals surface area contributed by atoms with Crippen LogP contribution < -0.4 is 10.4 Å². The molecule has 1 aromatic carbocycles. The molecule has 0 bridgehead atoms. The molecule has 4 heteroatoms. The number of carbonyl (C=O) groups excluding carboxylic acids is 1. The first-order valence-corrected chi connectivity index (χ1v) is 6.67. The molecule has 0 unspecified atom stereocenters. The summed E-state index contributed by atoms with van der Waals surface area (Å²) >= 11 is 0. The Hall–Kier alpha value is -2.10. The number of benzene rings is 1. The minimum atomic E-state index is -0.518. The molecule has 2 aromatic rings. The molecule has 0 aliphatic carbocycles. The lowest BCUT2D eigenvalue weighted by molar-refractivity contribution is -0.122. The van der Waals surface area contributed by atoms with Crippen molar-refractivity contribution < 1.29 is 13.9 Å². The lowest BCUT2D eigenvalue weighted by Gasteiger charge is -2.12. The monoisotopic (exact) mass is 274 g/mol. The number of ketones is 1. The Bertz CT molecular complexity index is 712. The van der Waals surface area contributed by atoms with Gasteiger partial charge >= 0.3 is 5.63 Å². The molecule has 0 saturated carbocycles. The fourth-order valence-electron chi connectivity index (χ4n) is 2.14. The molecule has 0 radical (unpaired) electrons. The summed E-state index contributed by atoms with van der Waals surface area (Å²) in [6.45, 7) is 7.01. The van der Waals surface area contributed by atoms with Gasteiger partial charge in [0.2, 0.25) is 0 Å². The van der Waals surface area contributed by atoms with Gasteiger partial charge in [-0.05, 0) is 44.9 Å². The van der Waals surface area contributed by atoms with E-state index in [2.05, 4.69) is 0 Å². The summed E-state index contributed by atoms with van der Waals surface area (Å²) in [7, 11) is 0. The largest absolute Gasteiger partial charge is 0.483 e. The van der Waals surface area contributed by atoms with E-state index < -0.39 is 6.10 Å². The molecular weight excluding hydrogens is 256 g/mol. The van der Waals surface area contributed by atoms with Crippen molar-refractivity contribution in [3.05, 3.63) is 39.7 Å². The fraction of sp³-hybridized carbons (Fsp3) is 0.375. The molecule has 0 spiro atoms. The Kier molecular flexibility index (Phi) is 3.93. The molecule has 0 aliphatic heterocycles. The zero-order valence-electron chi connectivity index (χ0n) is 12.1. The van der Waals surface area contributed by atoms with E-state index in [1.54, 1.807) is 19.1 Å². The Morgan fingerprint density at radius 1 is 1.40 bits per heavy atom. The first-order valence-electron chi connectivity index (χ1n) is 6.67. The average molecular weight is 274 g/mol. The highest BCUT2D eigenvalue weighted by molar-refractivity contribution is 5.83. The van der Waals surface area contributed by atoms with Gasteiger partial charge in [-0.15, -0.1) is 0 Å². The average Bonchev–Trinajstić information content (AvgIpc) is 2.38. The second-order valence-electron chi connectivity index (χ2n) is 4.88. The van der Waals surface area contributed by atoms with E-state index in [0.29, 0.717) is 23.3 Å². The van der Waals surface area contributed by atoms with Crippen LogP contribution in [-0.2, 0) is 11.2 Å². The van der Waals surface area contributed by atoms with Crippen molar-refractivity contribution in [3.8, 4) is 5.75 Å². The summed E-state index contributed by atoms with van der Waals surface area (Å²) in [6, 6.07) is 5.30. The van der Waals surface area contributed by atoms with E-state index >= 15 is 0 Å². The number of carbonyl (C=O) groups is 1. The second kappa shape index (κ2) is 5.49. The minimum Gasteiger partial charge on any atom is -0.483 e. The van der Waals surface area contributed by atoms with Gasteiger partial charge in [0, 0.05) is 17.0 Å². The van der Waals surface area contributed by atoms with Crippen molar-refractivity contribution in [1.29, 1.82) is 0 Å². The number of hydrogen-bond acceptors (Lipinski definition) is 4. The lowest BCUT2D eigenvalue weighted by Crippen LogP contribution is -2.20. The summed E-state index contributed by atoms with van der Waals surface area (Å²) in [5, 5.41) is 0.893. The molecule has 4 nitrogen and oxygen atoms in total. The van der Waals surface area contributed by atoms with E-state index in [0.717, 1.165) is 10.9 Å². The maximum atomic E-state index is 11.9. The van der Waals surface area contributed by atoms with Crippen molar-refractivity contribution in [2.24, 2.45) is 0 Å². The van der Waals surface area contributed by atoms with Crippen LogP contribution in [0.3, 0.4) is 0 Å². The lowest BCUT2D eigenvalue weighted by atomic mass is 10.0. The van der Waals surface area contributed by atoms with E-state index in [4.69, 9.17) is 9.15 Å². The van der Waals surface area contributed by atoms with Crippen LogP contribution in [0.4, 0.5) is 0 Å². The Morgan fingerprint density at radius 3 is 2.70 bits per heavy atom. The molecule has 0 saturated heterocycles. The smallest absolute Gasteiger partial charge is 0.339 e. The van der Waals surface area contributed by atoms with Crippen molar-refractivity contribution in [1.82, 2.24) is 0 Å². The van der Waals surface area contributed by atoms with Crippen LogP contribution in [-0.4, -0.2) is 11.9 Å². The van der Waals surface area contributed by atoms with Gasteiger partial charge < -0.3 is 9.15 Å². The highest BCUT2D eigenvalue weighted by atomic mass is 16.5. The van der Waals surface area contributed by atoms with E-state index in [1.165, 1.54) is 6.92 Å². The topological polar surface area (TPSA) is 56.5 Å². The second-order valence-corrected chi connectivity index (χ2v) is 4.88. The van der Waals surface area contributed by atoms with Crippen LogP contribution in [0, 0.1) is 6.92 Å². The predicted octanol–water partition coefficient (Wildman–Crippen LogP) is 3.02. The van der Waals surface area contributed by atoms with Crippen molar-refractivity contribution in [2.45, 2.75) is 40.2 Å². The van der Waals surface area contributed by atoms with Crippen LogP contribution in [0.25, 0.3) is 11.0 Å². The molecule has 0 fully saturated rings. The zero-order valence-corrected chi connectivity index (χ0v) is 12.1. The minimum absolute atomic E-state index is 0.0518. The Morgan fingerprint density at radius 2 is 2.10 bits per heavy atom. The van der Waals surface area contributed by atoms with Crippen LogP contribution in [0.1, 0.15) is 31.9 Å². The number of aryl methyl sites for hydroxylation is 1. The van der Waals surface area contributed by atoms with Gasteiger partial charge in [-0.1, -0.05) is 6.92 Å². The third kappa shape index (κ3) is 2.59. The molecule has 0 amide bonds. The summed E-state index contributed by atoms with van der Waals surface area (Å²) in [6.07, 6.45) is 0.124. The third-order valence-electron chi connectivity index (χ3n) is 3.50. The maximum absolute atomic E-state index is 11.9. The van der Waals surface area contributed by atoms with Gasteiger partial charge in [0.15, 0.2) is 11.9 Å². The highest BCUT2D eigenvalue weighted by Crippen LogP contribution is 2.25. The van der Waals surface area contributed by atoms with Gasteiger partial charge in [-0.25, -0.2) is 4.79 Å². The molecule has 1 atom stereocenters. The van der Waals surface area contributed by atoms with Gasteiger partial charge in [0.1, 0.15) is 11.3 Å². The first-order chi connectivity index (χ1) is 9.43. The number of Topliss-reactive ketones (excluding diaryl/α,β-unsaturated/α-hetero) is 1. The van der Waals surface area contributed by atoms with Crippen molar-refractivity contribution >= 4 is 16.8 Å². The molecule has 106 valence electrons. The third-order valence-corrected chi connectivity index (χ3v) is 3.50. The van der Waals surface area contributed by atoms with Crippen LogP contribution in [0.15, 0.2) is 27.4 Å². The fourth-order valence-corrected chi connectivity index (χ4v) is 2.14. The molecule has 1 heterocycles. The molecular formula is C16H18O4. The molecule has 0 N–H and O–H groups in total. The number of fused-ring (bicyclic) bond motifs is 1. The molecule has 20 heavy (non-hydrogen) atoms. The van der Waals surface area contributed by atoms with E-state index in [1.807, 2.05) is 19.9 Å². The predicted molar refractivity (Wildman–Crippen MR) is 77.4 cm³/mol. The van der Waals surface area contributed by atoms with Crippen LogP contribution in [0.5, 0.6) is 5.75 Å². The molecule has 1 aromatic heterocycles. The molecule has 0 aliphatic rings. The van der Waals surface area contributed by atoms with Crippen LogP contribution in [0.2, 0.25) is 0 Å². The highest BCUT2D eigenvalue weighted by Gasteiger charge is 2.13. The van der Waals surface area contributed by atoms with E-state index in [-0.39, 0.29) is 11.4 Å². The van der Waals surface area contributed by atoms with Gasteiger partial charge in [0.25, 0.3) is 0 Å². The zero-order chi connectivity index (χ0) is 14.9. The quantitative estimate of drug-likeness (QED) is 0.804. The Balaban J connectivity index is 2.50. The first kappa shape index (κ1) is 14.3. The standard InChI is InChI=1S/C16H18O4/c1-5-13-9(2)14-7-6-12(19-11(4)10(3)17)8-15(14)20-16(13)18/h6-8,11H,5H2,1-4H3/t11-/m1/s1. The number of rotatable bonds is 4. The molecule has 2 rings (SSSR count).